The van der Waals surface area contributed by atoms with Crippen LogP contribution in [0.4, 0.5) is 0 Å². The summed E-state index contributed by atoms with van der Waals surface area (Å²) in [6.07, 6.45) is 2.10. The van der Waals surface area contributed by atoms with E-state index in [0.29, 0.717) is 37.3 Å². The number of hydrogen-bond acceptors (Lipinski definition) is 7. The Labute approximate surface area is 185 Å². The van der Waals surface area contributed by atoms with Gasteiger partial charge in [-0.25, -0.2) is 4.98 Å². The first-order chi connectivity index (χ1) is 15.3. The van der Waals surface area contributed by atoms with Gasteiger partial charge in [0.1, 0.15) is 17.4 Å². The Morgan fingerprint density at radius 2 is 2.22 bits per heavy atom. The van der Waals surface area contributed by atoms with Crippen LogP contribution in [0.15, 0.2) is 43.0 Å². The fourth-order valence-electron chi connectivity index (χ4n) is 2.73. The zero-order valence-electron chi connectivity index (χ0n) is 17.7. The molecule has 9 heteroatoms. The molecule has 0 radical (unpaired) electrons. The third kappa shape index (κ3) is 5.91. The predicted molar refractivity (Wildman–Crippen MR) is 117 cm³/mol. The second-order valence-electron chi connectivity index (χ2n) is 7.35. The zero-order chi connectivity index (χ0) is 23.1. The van der Waals surface area contributed by atoms with Gasteiger partial charge < -0.3 is 25.2 Å². The van der Waals surface area contributed by atoms with E-state index in [0.717, 1.165) is 0 Å². The number of primary amides is 1. The molecule has 1 aliphatic rings. The Balaban J connectivity index is 1.87. The van der Waals surface area contributed by atoms with Gasteiger partial charge in [0.15, 0.2) is 5.82 Å². The van der Waals surface area contributed by atoms with Crippen LogP contribution in [0.25, 0.3) is 11.4 Å². The summed E-state index contributed by atoms with van der Waals surface area (Å²) in [6, 6.07) is 8.41. The van der Waals surface area contributed by atoms with Gasteiger partial charge in [0.2, 0.25) is 12.3 Å². The molecule has 3 rings (SSSR count). The highest BCUT2D eigenvalue weighted by Gasteiger charge is 2.22. The molecule has 0 bridgehead atoms. The van der Waals surface area contributed by atoms with Crippen LogP contribution in [0, 0.1) is 11.8 Å². The number of aromatic nitrogens is 2. The van der Waals surface area contributed by atoms with Gasteiger partial charge in [-0.1, -0.05) is 30.6 Å². The van der Waals surface area contributed by atoms with Crippen LogP contribution in [-0.2, 0) is 9.53 Å². The van der Waals surface area contributed by atoms with Gasteiger partial charge in [0.05, 0.1) is 13.2 Å². The van der Waals surface area contributed by atoms with E-state index in [-0.39, 0.29) is 29.9 Å². The molecule has 0 aliphatic carbocycles. The lowest BCUT2D eigenvalue weighted by atomic mass is 9.99. The van der Waals surface area contributed by atoms with Crippen LogP contribution in [0.3, 0.4) is 0 Å². The highest BCUT2D eigenvalue weighted by molar-refractivity contribution is 5.91. The zero-order valence-corrected chi connectivity index (χ0v) is 17.7. The molecular weight excluding hydrogens is 412 g/mol. The average Bonchev–Trinajstić information content (AvgIpc) is 2.78. The predicted octanol–water partition coefficient (Wildman–Crippen LogP) is 0.767. The molecule has 0 saturated carbocycles. The van der Waals surface area contributed by atoms with Crippen molar-refractivity contribution in [2.24, 2.45) is 5.73 Å². The topological polar surface area (TPSA) is 128 Å². The maximum absolute atomic E-state index is 11.7. The van der Waals surface area contributed by atoms with Crippen molar-refractivity contribution in [1.29, 1.82) is 0 Å². The van der Waals surface area contributed by atoms with Crippen LogP contribution in [0.1, 0.15) is 22.5 Å². The van der Waals surface area contributed by atoms with Crippen molar-refractivity contribution in [2.45, 2.75) is 18.1 Å². The summed E-state index contributed by atoms with van der Waals surface area (Å²) >= 11 is 0. The summed E-state index contributed by atoms with van der Waals surface area (Å²) in [5.41, 5.74) is 5.17. The molecule has 1 saturated heterocycles. The fraction of sp³-hybridized carbons (Fsp3) is 0.304. The number of ether oxygens (including phenoxy) is 2. The number of aliphatic hydroxyl groups is 1. The molecule has 2 amide bonds. The first kappa shape index (κ1) is 22.9. The summed E-state index contributed by atoms with van der Waals surface area (Å²) in [5, 5.41) is 10.6. The van der Waals surface area contributed by atoms with E-state index >= 15 is 0 Å². The third-order valence-corrected chi connectivity index (χ3v) is 4.76. The molecule has 1 atom stereocenters. The highest BCUT2D eigenvalue weighted by atomic mass is 16.6. The van der Waals surface area contributed by atoms with Gasteiger partial charge >= 0.3 is 0 Å². The Bertz CT molecular complexity index is 1070. The van der Waals surface area contributed by atoms with Crippen molar-refractivity contribution in [3.05, 3.63) is 54.2 Å². The molecule has 166 valence electrons. The van der Waals surface area contributed by atoms with Crippen LogP contribution >= 0.6 is 0 Å². The van der Waals surface area contributed by atoms with Gasteiger partial charge in [-0.05, 0) is 18.2 Å². The lowest BCUT2D eigenvalue weighted by Crippen LogP contribution is -2.38. The molecule has 1 aromatic heterocycles. The smallest absolute Gasteiger partial charge is 0.267 e. The molecule has 1 aromatic carbocycles. The number of carbonyl (C=O) groups excluding carboxylic acids is 2. The quantitative estimate of drug-likeness (QED) is 0.338. The Hall–Kier alpha value is -3.74. The number of rotatable bonds is 9. The number of amides is 2. The minimum atomic E-state index is -1.46. The Morgan fingerprint density at radius 1 is 1.44 bits per heavy atom. The minimum Gasteiger partial charge on any atom is -0.469 e. The molecule has 2 heterocycles. The van der Waals surface area contributed by atoms with Crippen LogP contribution in [-0.4, -0.2) is 70.8 Å². The standard InChI is InChI=1S/C23H24N4O5/c1-3-23(30,9-10-27(2)15-28)8-7-16-5-4-6-17(11-16)22-25-19(21(24)29)12-20(26-22)32-18-13-31-14-18/h3-6,11-12,15,18,30H,1,9-10,13-14H2,2H3,(H2,24,29)/t23-/m0/s1. The summed E-state index contributed by atoms with van der Waals surface area (Å²) in [7, 11) is 1.61. The minimum absolute atomic E-state index is 0.0297. The first-order valence-electron chi connectivity index (χ1n) is 9.90. The molecular formula is C23H24N4O5. The van der Waals surface area contributed by atoms with Gasteiger partial charge in [-0.3, -0.25) is 9.59 Å². The van der Waals surface area contributed by atoms with Crippen molar-refractivity contribution in [3.63, 3.8) is 0 Å². The van der Waals surface area contributed by atoms with Crippen LogP contribution in [0.2, 0.25) is 0 Å². The van der Waals surface area contributed by atoms with E-state index in [2.05, 4.69) is 28.4 Å². The Morgan fingerprint density at radius 3 is 2.84 bits per heavy atom. The molecule has 1 fully saturated rings. The molecule has 9 nitrogen and oxygen atoms in total. The monoisotopic (exact) mass is 436 g/mol. The van der Waals surface area contributed by atoms with E-state index in [1.54, 1.807) is 31.3 Å². The molecule has 3 N–H and O–H groups in total. The van der Waals surface area contributed by atoms with Crippen molar-refractivity contribution in [1.82, 2.24) is 14.9 Å². The number of nitrogens with two attached hydrogens (primary N) is 1. The normalized spacial score (nSPS) is 14.8. The first-order valence-corrected chi connectivity index (χ1v) is 9.90. The fourth-order valence-corrected chi connectivity index (χ4v) is 2.73. The number of benzene rings is 1. The highest BCUT2D eigenvalue weighted by Crippen LogP contribution is 2.22. The second-order valence-corrected chi connectivity index (χ2v) is 7.35. The molecule has 0 spiro atoms. The van der Waals surface area contributed by atoms with Crippen molar-refractivity contribution < 1.29 is 24.2 Å². The lowest BCUT2D eigenvalue weighted by molar-refractivity contribution is -0.117. The average molecular weight is 436 g/mol. The summed E-state index contributed by atoms with van der Waals surface area (Å²) in [6.45, 7) is 4.86. The molecule has 2 aromatic rings. The van der Waals surface area contributed by atoms with Crippen molar-refractivity contribution in [3.8, 4) is 29.1 Å². The van der Waals surface area contributed by atoms with Gasteiger partial charge in [0.25, 0.3) is 5.91 Å². The van der Waals surface area contributed by atoms with Crippen molar-refractivity contribution >= 4 is 12.3 Å². The van der Waals surface area contributed by atoms with E-state index in [9.17, 15) is 14.7 Å². The number of nitrogens with zero attached hydrogens (tertiary/aromatic N) is 3. The number of carbonyl (C=O) groups is 2. The van der Waals surface area contributed by atoms with Crippen LogP contribution in [0.5, 0.6) is 5.88 Å². The van der Waals surface area contributed by atoms with E-state index in [1.807, 2.05) is 0 Å². The van der Waals surface area contributed by atoms with E-state index in [4.69, 9.17) is 15.2 Å². The number of hydrogen-bond donors (Lipinski definition) is 2. The van der Waals surface area contributed by atoms with Crippen LogP contribution < -0.4 is 10.5 Å². The maximum Gasteiger partial charge on any atom is 0.267 e. The third-order valence-electron chi connectivity index (χ3n) is 4.76. The Kier molecular flexibility index (Phi) is 7.20. The maximum atomic E-state index is 11.7. The summed E-state index contributed by atoms with van der Waals surface area (Å²) in [4.78, 5) is 32.5. The molecule has 32 heavy (non-hydrogen) atoms. The van der Waals surface area contributed by atoms with Gasteiger partial charge in [-0.2, -0.15) is 4.98 Å². The van der Waals surface area contributed by atoms with E-state index < -0.39 is 11.5 Å². The largest absolute Gasteiger partial charge is 0.469 e. The summed E-state index contributed by atoms with van der Waals surface area (Å²) < 4.78 is 10.8. The summed E-state index contributed by atoms with van der Waals surface area (Å²) in [5.74, 6) is 5.50. The second kappa shape index (κ2) is 10.0. The van der Waals surface area contributed by atoms with Gasteiger partial charge in [-0.15, -0.1) is 0 Å². The van der Waals surface area contributed by atoms with Crippen molar-refractivity contribution in [2.75, 3.05) is 26.8 Å². The molecule has 0 unspecified atom stereocenters. The van der Waals surface area contributed by atoms with E-state index in [1.165, 1.54) is 17.0 Å². The molecule has 1 aliphatic heterocycles. The SMILES string of the molecule is C=C[C@](O)(C#Cc1cccc(-c2nc(OC3COC3)cc(C(N)=O)n2)c1)CCN(C)C=O. The lowest BCUT2D eigenvalue weighted by Gasteiger charge is -2.26. The van der Waals surface area contributed by atoms with Gasteiger partial charge in [0, 0.05) is 37.2 Å².